The first-order valence-corrected chi connectivity index (χ1v) is 6.74. The SMILES string of the molecule is CNc1cc(C(=O)N(C)C(C)CC#N)cc(C(C)C)n1. The summed E-state index contributed by atoms with van der Waals surface area (Å²) >= 11 is 0. The Balaban J connectivity index is 3.09. The van der Waals surface area contributed by atoms with Crippen LogP contribution in [0, 0.1) is 11.3 Å². The lowest BCUT2D eigenvalue weighted by Crippen LogP contribution is -2.35. The second kappa shape index (κ2) is 6.90. The third-order valence-electron chi connectivity index (χ3n) is 3.31. The molecule has 1 heterocycles. The highest BCUT2D eigenvalue weighted by atomic mass is 16.2. The number of hydrogen-bond acceptors (Lipinski definition) is 4. The zero-order valence-corrected chi connectivity index (χ0v) is 12.8. The van der Waals surface area contributed by atoms with Crippen molar-refractivity contribution in [2.75, 3.05) is 19.4 Å². The number of carbonyl (C=O) groups excluding carboxylic acids is 1. The predicted molar refractivity (Wildman–Crippen MR) is 79.7 cm³/mol. The Kier molecular flexibility index (Phi) is 5.51. The summed E-state index contributed by atoms with van der Waals surface area (Å²) in [5.41, 5.74) is 1.47. The van der Waals surface area contributed by atoms with Crippen molar-refractivity contribution in [3.8, 4) is 6.07 Å². The highest BCUT2D eigenvalue weighted by Gasteiger charge is 2.19. The van der Waals surface area contributed by atoms with Crippen molar-refractivity contribution in [2.24, 2.45) is 0 Å². The van der Waals surface area contributed by atoms with Crippen molar-refractivity contribution < 1.29 is 4.79 Å². The standard InChI is InChI=1S/C15H22N4O/c1-10(2)13-8-12(9-14(17-4)18-13)15(20)19(5)11(3)6-7-16/h8-11H,6H2,1-5H3,(H,17,18). The fourth-order valence-electron chi connectivity index (χ4n) is 1.77. The van der Waals surface area contributed by atoms with Gasteiger partial charge in [0.05, 0.1) is 12.5 Å². The van der Waals surface area contributed by atoms with Crippen LogP contribution in [0.15, 0.2) is 12.1 Å². The first-order chi connectivity index (χ1) is 9.40. The molecule has 0 spiro atoms. The van der Waals surface area contributed by atoms with Gasteiger partial charge in [0.2, 0.25) is 0 Å². The molecule has 0 saturated carbocycles. The van der Waals surface area contributed by atoms with Gasteiger partial charge in [-0.1, -0.05) is 13.8 Å². The molecule has 0 aliphatic carbocycles. The quantitative estimate of drug-likeness (QED) is 0.896. The molecule has 0 fully saturated rings. The minimum atomic E-state index is -0.110. The number of nitrogens with one attached hydrogen (secondary N) is 1. The number of amides is 1. The third kappa shape index (κ3) is 3.70. The molecule has 1 rings (SSSR count). The first kappa shape index (κ1) is 16.0. The summed E-state index contributed by atoms with van der Waals surface area (Å²) in [5, 5.41) is 11.7. The lowest BCUT2D eigenvalue weighted by atomic mass is 10.1. The monoisotopic (exact) mass is 274 g/mol. The molecule has 0 aliphatic heterocycles. The molecule has 0 bridgehead atoms. The van der Waals surface area contributed by atoms with Crippen LogP contribution in [0.1, 0.15) is 49.2 Å². The van der Waals surface area contributed by atoms with Crippen LogP contribution >= 0.6 is 0 Å². The van der Waals surface area contributed by atoms with Crippen LogP contribution in [0.5, 0.6) is 0 Å². The van der Waals surface area contributed by atoms with Crippen LogP contribution in [0.2, 0.25) is 0 Å². The lowest BCUT2D eigenvalue weighted by Gasteiger charge is -2.23. The Morgan fingerprint density at radius 2 is 2.10 bits per heavy atom. The van der Waals surface area contributed by atoms with Crippen molar-refractivity contribution in [3.05, 3.63) is 23.4 Å². The molecule has 108 valence electrons. The van der Waals surface area contributed by atoms with Gasteiger partial charge in [-0.15, -0.1) is 0 Å². The van der Waals surface area contributed by atoms with Crippen LogP contribution in [0.25, 0.3) is 0 Å². The van der Waals surface area contributed by atoms with Gasteiger partial charge in [-0.25, -0.2) is 4.98 Å². The summed E-state index contributed by atoms with van der Waals surface area (Å²) < 4.78 is 0. The highest BCUT2D eigenvalue weighted by Crippen LogP contribution is 2.19. The molecule has 20 heavy (non-hydrogen) atoms. The smallest absolute Gasteiger partial charge is 0.254 e. The molecule has 0 saturated heterocycles. The second-order valence-corrected chi connectivity index (χ2v) is 5.20. The van der Waals surface area contributed by atoms with Crippen molar-refractivity contribution >= 4 is 11.7 Å². The zero-order valence-electron chi connectivity index (χ0n) is 12.8. The maximum absolute atomic E-state index is 12.5. The van der Waals surface area contributed by atoms with E-state index in [9.17, 15) is 4.79 Å². The van der Waals surface area contributed by atoms with E-state index < -0.39 is 0 Å². The minimum Gasteiger partial charge on any atom is -0.373 e. The fourth-order valence-corrected chi connectivity index (χ4v) is 1.77. The molecular formula is C15H22N4O. The van der Waals surface area contributed by atoms with E-state index in [2.05, 4.69) is 16.4 Å². The van der Waals surface area contributed by atoms with E-state index >= 15 is 0 Å². The Bertz CT molecular complexity index is 519. The van der Waals surface area contributed by atoms with Gasteiger partial charge in [-0.05, 0) is 25.0 Å². The van der Waals surface area contributed by atoms with Gasteiger partial charge < -0.3 is 10.2 Å². The largest absolute Gasteiger partial charge is 0.373 e. The van der Waals surface area contributed by atoms with Crippen LogP contribution < -0.4 is 5.32 Å². The predicted octanol–water partition coefficient (Wildman–Crippen LogP) is 2.62. The van der Waals surface area contributed by atoms with E-state index in [0.29, 0.717) is 17.8 Å². The van der Waals surface area contributed by atoms with E-state index in [4.69, 9.17) is 5.26 Å². The summed E-state index contributed by atoms with van der Waals surface area (Å²) in [6, 6.07) is 5.54. The molecule has 1 atom stereocenters. The summed E-state index contributed by atoms with van der Waals surface area (Å²) in [5.74, 6) is 0.839. The van der Waals surface area contributed by atoms with Crippen molar-refractivity contribution in [1.29, 1.82) is 5.26 Å². The molecule has 0 aliphatic rings. The van der Waals surface area contributed by atoms with E-state index in [-0.39, 0.29) is 17.9 Å². The summed E-state index contributed by atoms with van der Waals surface area (Å²) in [6.45, 7) is 5.95. The Morgan fingerprint density at radius 1 is 1.45 bits per heavy atom. The van der Waals surface area contributed by atoms with E-state index in [1.54, 1.807) is 25.1 Å². The Hall–Kier alpha value is -2.09. The number of anilines is 1. The second-order valence-electron chi connectivity index (χ2n) is 5.20. The van der Waals surface area contributed by atoms with Crippen molar-refractivity contribution in [2.45, 2.75) is 39.2 Å². The van der Waals surface area contributed by atoms with E-state index in [1.807, 2.05) is 26.8 Å². The van der Waals surface area contributed by atoms with Gasteiger partial charge in [0.1, 0.15) is 5.82 Å². The molecule has 1 N–H and O–H groups in total. The number of nitrogens with zero attached hydrogens (tertiary/aromatic N) is 3. The van der Waals surface area contributed by atoms with Gasteiger partial charge in [0.25, 0.3) is 5.91 Å². The van der Waals surface area contributed by atoms with Gasteiger partial charge in [0.15, 0.2) is 0 Å². The summed E-state index contributed by atoms with van der Waals surface area (Å²) in [4.78, 5) is 18.5. The topological polar surface area (TPSA) is 69.0 Å². The fraction of sp³-hybridized carbons (Fsp3) is 0.533. The van der Waals surface area contributed by atoms with Gasteiger partial charge in [0, 0.05) is 31.4 Å². The molecule has 0 radical (unpaired) electrons. The first-order valence-electron chi connectivity index (χ1n) is 6.74. The molecule has 1 aromatic rings. The molecule has 1 amide bonds. The van der Waals surface area contributed by atoms with Gasteiger partial charge in [-0.2, -0.15) is 5.26 Å². The third-order valence-corrected chi connectivity index (χ3v) is 3.31. The number of pyridine rings is 1. The van der Waals surface area contributed by atoms with E-state index in [0.717, 1.165) is 5.69 Å². The number of nitriles is 1. The average molecular weight is 274 g/mol. The number of aromatic nitrogens is 1. The molecule has 5 nitrogen and oxygen atoms in total. The van der Waals surface area contributed by atoms with E-state index in [1.165, 1.54) is 0 Å². The Labute approximate surface area is 120 Å². The minimum absolute atomic E-state index is 0.0893. The number of hydrogen-bond donors (Lipinski definition) is 1. The zero-order chi connectivity index (χ0) is 15.3. The van der Waals surface area contributed by atoms with Crippen LogP contribution in [-0.4, -0.2) is 35.9 Å². The van der Waals surface area contributed by atoms with Crippen LogP contribution in [0.3, 0.4) is 0 Å². The molecule has 0 aromatic carbocycles. The molecule has 1 unspecified atom stereocenters. The molecular weight excluding hydrogens is 252 g/mol. The normalized spacial score (nSPS) is 11.8. The Morgan fingerprint density at radius 3 is 2.60 bits per heavy atom. The lowest BCUT2D eigenvalue weighted by molar-refractivity contribution is 0.0746. The van der Waals surface area contributed by atoms with Gasteiger partial charge >= 0.3 is 0 Å². The van der Waals surface area contributed by atoms with Crippen LogP contribution in [0.4, 0.5) is 5.82 Å². The molecule has 1 aromatic heterocycles. The van der Waals surface area contributed by atoms with Crippen molar-refractivity contribution in [1.82, 2.24) is 9.88 Å². The molecule has 5 heteroatoms. The summed E-state index contributed by atoms with van der Waals surface area (Å²) in [6.07, 6.45) is 0.323. The maximum Gasteiger partial charge on any atom is 0.254 e. The average Bonchev–Trinajstić information content (AvgIpc) is 2.45. The highest BCUT2D eigenvalue weighted by molar-refractivity contribution is 5.95. The summed E-state index contributed by atoms with van der Waals surface area (Å²) in [7, 11) is 3.50. The number of rotatable bonds is 5. The van der Waals surface area contributed by atoms with Gasteiger partial charge in [-0.3, -0.25) is 4.79 Å². The number of carbonyl (C=O) groups is 1. The maximum atomic E-state index is 12.5. The van der Waals surface area contributed by atoms with Crippen LogP contribution in [-0.2, 0) is 0 Å². The van der Waals surface area contributed by atoms with Crippen molar-refractivity contribution in [3.63, 3.8) is 0 Å².